The molecule has 0 aromatic carbocycles. The van der Waals surface area contributed by atoms with Crippen molar-refractivity contribution in [2.45, 2.75) is 25.9 Å². The van der Waals surface area contributed by atoms with Crippen LogP contribution in [0.1, 0.15) is 30.1 Å². The number of fused-ring (bicyclic) bond motifs is 1. The van der Waals surface area contributed by atoms with E-state index in [4.69, 9.17) is 9.25 Å². The van der Waals surface area contributed by atoms with Crippen molar-refractivity contribution in [2.24, 2.45) is 11.1 Å². The van der Waals surface area contributed by atoms with Gasteiger partial charge in [0.15, 0.2) is 0 Å². The van der Waals surface area contributed by atoms with Gasteiger partial charge >= 0.3 is 0 Å². The second-order valence-corrected chi connectivity index (χ2v) is 5.00. The molecular weight excluding hydrogens is 276 g/mol. The van der Waals surface area contributed by atoms with Crippen LogP contribution in [-0.4, -0.2) is 40.9 Å². The van der Waals surface area contributed by atoms with Crippen LogP contribution in [0.4, 0.5) is 0 Å². The van der Waals surface area contributed by atoms with Crippen molar-refractivity contribution in [3.63, 3.8) is 0 Å². The topological polar surface area (TPSA) is 89.2 Å². The van der Waals surface area contributed by atoms with Gasteiger partial charge in [-0.2, -0.15) is 0 Å². The fourth-order valence-electron chi connectivity index (χ4n) is 2.50. The Morgan fingerprint density at radius 2 is 2.19 bits per heavy atom. The van der Waals surface area contributed by atoms with Gasteiger partial charge in [0.25, 0.3) is 5.91 Å². The number of imide groups is 1. The zero-order chi connectivity index (χ0) is 15.0. The van der Waals surface area contributed by atoms with Crippen molar-refractivity contribution in [3.8, 4) is 0 Å². The molecule has 21 heavy (non-hydrogen) atoms. The number of Topliss-reactive ketones (excluding diaryl/α,β-unsaturated/α-hetero) is 1. The van der Waals surface area contributed by atoms with Crippen LogP contribution in [0.3, 0.4) is 0 Å². The summed E-state index contributed by atoms with van der Waals surface area (Å²) >= 11 is 0. The molecule has 1 saturated heterocycles. The van der Waals surface area contributed by atoms with Gasteiger partial charge in [-0.1, -0.05) is 18.5 Å². The summed E-state index contributed by atoms with van der Waals surface area (Å²) in [6.45, 7) is 2.31. The van der Waals surface area contributed by atoms with E-state index in [1.165, 1.54) is 18.6 Å². The van der Waals surface area contributed by atoms with Crippen LogP contribution >= 0.6 is 0 Å². The molecule has 0 saturated carbocycles. The van der Waals surface area contributed by atoms with E-state index in [9.17, 15) is 14.4 Å². The molecule has 0 spiro atoms. The number of ketones is 1. The maximum atomic E-state index is 12.4. The van der Waals surface area contributed by atoms with Gasteiger partial charge in [0, 0.05) is 6.54 Å². The van der Waals surface area contributed by atoms with Crippen molar-refractivity contribution >= 4 is 23.3 Å². The third-order valence-corrected chi connectivity index (χ3v) is 3.65. The minimum atomic E-state index is -1.000. The Bertz CT molecular complexity index is 619. The van der Waals surface area contributed by atoms with E-state index in [1.54, 1.807) is 0 Å². The highest BCUT2D eigenvalue weighted by Crippen LogP contribution is 2.31. The number of likely N-dealkylation sites (tertiary alicyclic amines) is 1. The summed E-state index contributed by atoms with van der Waals surface area (Å²) in [6.07, 6.45) is 3.21. The number of carbonyl (C=O) groups excluding carboxylic acids is 3. The molecule has 1 aromatic rings. The van der Waals surface area contributed by atoms with E-state index in [2.05, 4.69) is 5.16 Å². The highest BCUT2D eigenvalue weighted by Gasteiger charge is 2.56. The second-order valence-electron chi connectivity index (χ2n) is 5.00. The van der Waals surface area contributed by atoms with Crippen LogP contribution in [0.2, 0.25) is 0 Å². The Balaban J connectivity index is 1.83. The molecule has 1 fully saturated rings. The van der Waals surface area contributed by atoms with E-state index in [0.717, 1.165) is 17.7 Å². The monoisotopic (exact) mass is 290 g/mol. The molecule has 3 heterocycles. The fourth-order valence-corrected chi connectivity index (χ4v) is 2.50. The maximum absolute atomic E-state index is 12.4. The van der Waals surface area contributed by atoms with Gasteiger partial charge < -0.3 is 9.25 Å². The van der Waals surface area contributed by atoms with Crippen LogP contribution in [0, 0.1) is 5.92 Å². The molecule has 7 nitrogen and oxygen atoms in total. The highest BCUT2D eigenvalue weighted by molar-refractivity contribution is 6.50. The molecule has 2 atom stereocenters. The van der Waals surface area contributed by atoms with E-state index in [-0.39, 0.29) is 11.3 Å². The van der Waals surface area contributed by atoms with Crippen molar-refractivity contribution in [1.82, 2.24) is 4.90 Å². The predicted octanol–water partition coefficient (Wildman–Crippen LogP) is 1.00. The fraction of sp³-hybridized carbons (Fsp3) is 0.429. The largest absolute Gasteiger partial charge is 0.472 e. The molecule has 0 bridgehead atoms. The summed E-state index contributed by atoms with van der Waals surface area (Å²) in [7, 11) is 0. The van der Waals surface area contributed by atoms with Crippen LogP contribution in [0.5, 0.6) is 0 Å². The molecule has 7 heteroatoms. The lowest BCUT2D eigenvalue weighted by molar-refractivity contribution is -0.142. The zero-order valence-corrected chi connectivity index (χ0v) is 11.4. The molecule has 110 valence electrons. The Hall–Kier alpha value is -2.44. The Labute approximate surface area is 120 Å². The molecule has 2 aliphatic heterocycles. The highest BCUT2D eigenvalue weighted by atomic mass is 16.7. The summed E-state index contributed by atoms with van der Waals surface area (Å²) in [5.74, 6) is -2.21. The third-order valence-electron chi connectivity index (χ3n) is 3.65. The zero-order valence-electron chi connectivity index (χ0n) is 11.4. The number of amides is 2. The van der Waals surface area contributed by atoms with Crippen molar-refractivity contribution < 1.29 is 23.6 Å². The number of nitrogens with zero attached hydrogens (tertiary/aromatic N) is 2. The lowest BCUT2D eigenvalue weighted by atomic mass is 9.94. The third kappa shape index (κ3) is 2.05. The van der Waals surface area contributed by atoms with Crippen molar-refractivity contribution in [1.29, 1.82) is 0 Å². The lowest BCUT2D eigenvalue weighted by Crippen LogP contribution is -2.35. The van der Waals surface area contributed by atoms with E-state index in [0.29, 0.717) is 6.54 Å². The first kappa shape index (κ1) is 13.5. The number of hydrogen-bond donors (Lipinski definition) is 0. The molecule has 0 aliphatic carbocycles. The minimum Gasteiger partial charge on any atom is -0.472 e. The Morgan fingerprint density at radius 3 is 2.86 bits per heavy atom. The SMILES string of the molecule is CCCCN1C(=O)C2ON=C(C(=O)c3ccoc3)C2C1=O. The second kappa shape index (κ2) is 5.16. The van der Waals surface area contributed by atoms with Gasteiger partial charge in [0.05, 0.1) is 11.8 Å². The first-order chi connectivity index (χ1) is 10.1. The summed E-state index contributed by atoms with van der Waals surface area (Å²) < 4.78 is 4.85. The van der Waals surface area contributed by atoms with Crippen molar-refractivity contribution in [2.75, 3.05) is 6.54 Å². The van der Waals surface area contributed by atoms with Gasteiger partial charge in [-0.15, -0.1) is 0 Å². The average Bonchev–Trinajstić information content (AvgIpc) is 3.18. The van der Waals surface area contributed by atoms with Crippen LogP contribution in [0.15, 0.2) is 28.2 Å². The number of carbonyl (C=O) groups is 3. The first-order valence-corrected chi connectivity index (χ1v) is 6.81. The standard InChI is InChI=1S/C14H14N2O5/c1-2-3-5-16-13(18)9-10(15-21-12(9)14(16)19)11(17)8-4-6-20-7-8/h4,6-7,9,12H,2-3,5H2,1H3. The first-order valence-electron chi connectivity index (χ1n) is 6.81. The smallest absolute Gasteiger partial charge is 0.274 e. The van der Waals surface area contributed by atoms with Crippen LogP contribution < -0.4 is 0 Å². The van der Waals surface area contributed by atoms with E-state index < -0.39 is 29.6 Å². The molecule has 2 aliphatic rings. The van der Waals surface area contributed by atoms with Gasteiger partial charge in [0.1, 0.15) is 17.9 Å². The molecule has 2 unspecified atom stereocenters. The quantitative estimate of drug-likeness (QED) is 0.596. The number of unbranched alkanes of at least 4 members (excludes halogenated alkanes) is 1. The van der Waals surface area contributed by atoms with Crippen LogP contribution in [-0.2, 0) is 14.4 Å². The Kier molecular flexibility index (Phi) is 3.32. The van der Waals surface area contributed by atoms with Gasteiger partial charge in [-0.3, -0.25) is 19.3 Å². The van der Waals surface area contributed by atoms with Gasteiger partial charge in [0.2, 0.25) is 17.8 Å². The number of furan rings is 1. The summed E-state index contributed by atoms with van der Waals surface area (Å²) in [5.41, 5.74) is 0.254. The Morgan fingerprint density at radius 1 is 1.38 bits per heavy atom. The maximum Gasteiger partial charge on any atom is 0.274 e. The number of oxime groups is 1. The van der Waals surface area contributed by atoms with E-state index in [1.807, 2.05) is 6.92 Å². The summed E-state index contributed by atoms with van der Waals surface area (Å²) in [5, 5.41) is 3.65. The molecule has 3 rings (SSSR count). The summed E-state index contributed by atoms with van der Waals surface area (Å²) in [4.78, 5) is 43.0. The normalized spacial score (nSPS) is 24.0. The van der Waals surface area contributed by atoms with E-state index >= 15 is 0 Å². The van der Waals surface area contributed by atoms with Gasteiger partial charge in [-0.05, 0) is 12.5 Å². The molecular formula is C14H14N2O5. The lowest BCUT2D eigenvalue weighted by Gasteiger charge is -2.14. The predicted molar refractivity (Wildman–Crippen MR) is 70.5 cm³/mol. The molecule has 0 radical (unpaired) electrons. The summed E-state index contributed by atoms with van der Waals surface area (Å²) in [6, 6.07) is 1.48. The van der Waals surface area contributed by atoms with Gasteiger partial charge in [-0.25, -0.2) is 0 Å². The average molecular weight is 290 g/mol. The minimum absolute atomic E-state index is 0.0289. The molecule has 2 amide bonds. The van der Waals surface area contributed by atoms with Crippen LogP contribution in [0.25, 0.3) is 0 Å². The number of rotatable bonds is 5. The number of hydrogen-bond acceptors (Lipinski definition) is 6. The molecule has 0 N–H and O–H groups in total. The molecule has 1 aromatic heterocycles. The van der Waals surface area contributed by atoms with Crippen molar-refractivity contribution in [3.05, 3.63) is 24.2 Å².